The molecule has 0 spiro atoms. The average molecular weight is 311 g/mol. The summed E-state index contributed by atoms with van der Waals surface area (Å²) in [5, 5.41) is 3.58. The molecule has 0 radical (unpaired) electrons. The fourth-order valence-electron chi connectivity index (χ4n) is 2.85. The van der Waals surface area contributed by atoms with Crippen molar-refractivity contribution in [2.45, 2.75) is 32.9 Å². The Labute approximate surface area is 136 Å². The number of halogens is 1. The zero-order valence-corrected chi connectivity index (χ0v) is 13.7. The molecule has 3 aromatic rings. The predicted octanol–water partition coefficient (Wildman–Crippen LogP) is 4.75. The Hall–Kier alpha value is -2.20. The first-order valence-electron chi connectivity index (χ1n) is 8.00. The first-order valence-corrected chi connectivity index (χ1v) is 8.00. The van der Waals surface area contributed by atoms with Crippen LogP contribution in [0.4, 0.5) is 4.39 Å². The van der Waals surface area contributed by atoms with E-state index in [1.54, 1.807) is 12.1 Å². The Balaban J connectivity index is 1.87. The number of rotatable bonds is 5. The molecule has 1 aromatic heterocycles. The van der Waals surface area contributed by atoms with Gasteiger partial charge >= 0.3 is 0 Å². The molecule has 0 saturated heterocycles. The minimum absolute atomic E-state index is 0.0336. The highest BCUT2D eigenvalue weighted by atomic mass is 19.1. The lowest BCUT2D eigenvalue weighted by atomic mass is 10.0. The van der Waals surface area contributed by atoms with Crippen LogP contribution in [0.1, 0.15) is 44.2 Å². The molecule has 1 heterocycles. The lowest BCUT2D eigenvalue weighted by Gasteiger charge is -2.25. The van der Waals surface area contributed by atoms with E-state index in [-0.39, 0.29) is 17.9 Å². The third-order valence-electron chi connectivity index (χ3n) is 4.15. The maximum atomic E-state index is 13.4. The van der Waals surface area contributed by atoms with E-state index in [0.29, 0.717) is 5.92 Å². The molecule has 4 heteroatoms. The van der Waals surface area contributed by atoms with E-state index < -0.39 is 0 Å². The number of aromatic amines is 1. The summed E-state index contributed by atoms with van der Waals surface area (Å²) in [5.41, 5.74) is 2.94. The van der Waals surface area contributed by atoms with Crippen molar-refractivity contribution < 1.29 is 4.39 Å². The molecule has 0 aliphatic heterocycles. The summed E-state index contributed by atoms with van der Waals surface area (Å²) in [4.78, 5) is 8.10. The quantitative estimate of drug-likeness (QED) is 0.714. The number of aromatic nitrogens is 2. The van der Waals surface area contributed by atoms with Gasteiger partial charge in [-0.2, -0.15) is 0 Å². The number of H-pyrrole nitrogens is 1. The lowest BCUT2D eigenvalue weighted by molar-refractivity contribution is 0.361. The second-order valence-electron chi connectivity index (χ2n) is 6.30. The molecule has 0 aliphatic rings. The van der Waals surface area contributed by atoms with Gasteiger partial charge in [0.1, 0.15) is 11.6 Å². The van der Waals surface area contributed by atoms with Gasteiger partial charge in [-0.15, -0.1) is 0 Å². The van der Waals surface area contributed by atoms with Gasteiger partial charge in [-0.1, -0.05) is 38.1 Å². The van der Waals surface area contributed by atoms with Crippen molar-refractivity contribution in [2.24, 2.45) is 5.92 Å². The Bertz CT molecular complexity index is 761. The molecular weight excluding hydrogens is 289 g/mol. The summed E-state index contributed by atoms with van der Waals surface area (Å²) < 4.78 is 13.4. The van der Waals surface area contributed by atoms with E-state index >= 15 is 0 Å². The van der Waals surface area contributed by atoms with Gasteiger partial charge in [-0.05, 0) is 42.7 Å². The Morgan fingerprint density at radius 3 is 2.52 bits per heavy atom. The van der Waals surface area contributed by atoms with Gasteiger partial charge in [0.15, 0.2) is 0 Å². The first kappa shape index (κ1) is 15.7. The molecule has 0 aliphatic carbocycles. The maximum Gasteiger partial charge on any atom is 0.124 e. The number of nitrogens with one attached hydrogen (secondary N) is 2. The minimum atomic E-state index is -0.207. The number of fused-ring (bicyclic) bond motifs is 1. The Kier molecular flexibility index (Phi) is 4.44. The molecule has 2 aromatic carbocycles. The fraction of sp³-hybridized carbons (Fsp3) is 0.316. The summed E-state index contributed by atoms with van der Waals surface area (Å²) in [5.74, 6) is 1.07. The summed E-state index contributed by atoms with van der Waals surface area (Å²) in [6.45, 7) is 6.36. The van der Waals surface area contributed by atoms with Crippen molar-refractivity contribution in [3.63, 3.8) is 0 Å². The van der Waals surface area contributed by atoms with Crippen molar-refractivity contribution in [1.29, 1.82) is 0 Å². The SMILES string of the molecule is CC(C)[C@H](N[C@@H](C)c1cccc(F)c1)c1nc2ccccc2[nH]1. The van der Waals surface area contributed by atoms with Gasteiger partial charge in [0.05, 0.1) is 17.1 Å². The number of hydrogen-bond donors (Lipinski definition) is 2. The maximum absolute atomic E-state index is 13.4. The molecule has 120 valence electrons. The molecule has 0 saturated carbocycles. The normalized spacial score (nSPS) is 14.3. The highest BCUT2D eigenvalue weighted by molar-refractivity contribution is 5.74. The summed E-state index contributed by atoms with van der Waals surface area (Å²) in [7, 11) is 0. The van der Waals surface area contributed by atoms with Crippen LogP contribution in [0.5, 0.6) is 0 Å². The molecule has 3 nitrogen and oxygen atoms in total. The molecule has 2 N–H and O–H groups in total. The van der Waals surface area contributed by atoms with Gasteiger partial charge in [0.25, 0.3) is 0 Å². The highest BCUT2D eigenvalue weighted by Crippen LogP contribution is 2.26. The van der Waals surface area contributed by atoms with E-state index in [2.05, 4.69) is 24.1 Å². The molecule has 23 heavy (non-hydrogen) atoms. The second-order valence-corrected chi connectivity index (χ2v) is 6.30. The van der Waals surface area contributed by atoms with Crippen molar-refractivity contribution in [3.05, 3.63) is 65.7 Å². The average Bonchev–Trinajstić information content (AvgIpc) is 2.95. The van der Waals surface area contributed by atoms with Crippen molar-refractivity contribution in [2.75, 3.05) is 0 Å². The van der Waals surface area contributed by atoms with Crippen LogP contribution in [-0.2, 0) is 0 Å². The third-order valence-corrected chi connectivity index (χ3v) is 4.15. The van der Waals surface area contributed by atoms with Crippen LogP contribution in [0.15, 0.2) is 48.5 Å². The van der Waals surface area contributed by atoms with Gasteiger partial charge in [-0.3, -0.25) is 0 Å². The Morgan fingerprint density at radius 2 is 1.83 bits per heavy atom. The zero-order chi connectivity index (χ0) is 16.4. The Morgan fingerprint density at radius 1 is 1.04 bits per heavy atom. The molecule has 0 bridgehead atoms. The molecule has 0 fully saturated rings. The number of imidazole rings is 1. The van der Waals surface area contributed by atoms with E-state index in [1.165, 1.54) is 6.07 Å². The minimum Gasteiger partial charge on any atom is -0.341 e. The molecular formula is C19H22FN3. The van der Waals surface area contributed by atoms with Crippen LogP contribution < -0.4 is 5.32 Å². The number of nitrogens with zero attached hydrogens (tertiary/aromatic N) is 1. The summed E-state index contributed by atoms with van der Waals surface area (Å²) >= 11 is 0. The number of hydrogen-bond acceptors (Lipinski definition) is 2. The van der Waals surface area contributed by atoms with Crippen molar-refractivity contribution >= 4 is 11.0 Å². The lowest BCUT2D eigenvalue weighted by Crippen LogP contribution is -2.29. The summed E-state index contributed by atoms with van der Waals surface area (Å²) in [6, 6.07) is 14.8. The van der Waals surface area contributed by atoms with Crippen molar-refractivity contribution in [3.8, 4) is 0 Å². The van der Waals surface area contributed by atoms with Gasteiger partial charge in [0, 0.05) is 6.04 Å². The topological polar surface area (TPSA) is 40.7 Å². The van der Waals surface area contributed by atoms with Gasteiger partial charge in [0.2, 0.25) is 0 Å². The van der Waals surface area contributed by atoms with E-state index in [1.807, 2.05) is 37.3 Å². The number of para-hydroxylation sites is 2. The van der Waals surface area contributed by atoms with Gasteiger partial charge < -0.3 is 10.3 Å². The van der Waals surface area contributed by atoms with Gasteiger partial charge in [-0.25, -0.2) is 9.37 Å². The molecule has 0 amide bonds. The highest BCUT2D eigenvalue weighted by Gasteiger charge is 2.22. The zero-order valence-electron chi connectivity index (χ0n) is 13.7. The van der Waals surface area contributed by atoms with Crippen LogP contribution in [0.25, 0.3) is 11.0 Å². The fourth-order valence-corrected chi connectivity index (χ4v) is 2.85. The monoisotopic (exact) mass is 311 g/mol. The van der Waals surface area contributed by atoms with E-state index in [0.717, 1.165) is 22.4 Å². The molecule has 0 unspecified atom stereocenters. The van der Waals surface area contributed by atoms with Crippen LogP contribution in [0.3, 0.4) is 0 Å². The summed E-state index contributed by atoms with van der Waals surface area (Å²) in [6.07, 6.45) is 0. The van der Waals surface area contributed by atoms with Crippen LogP contribution in [0.2, 0.25) is 0 Å². The molecule has 2 atom stereocenters. The molecule has 3 rings (SSSR count). The predicted molar refractivity (Wildman–Crippen MR) is 91.6 cm³/mol. The smallest absolute Gasteiger partial charge is 0.124 e. The van der Waals surface area contributed by atoms with Crippen LogP contribution in [0, 0.1) is 11.7 Å². The standard InChI is InChI=1S/C19H22FN3/c1-12(2)18(19-22-16-9-4-5-10-17(16)23-19)21-13(3)14-7-6-8-15(20)11-14/h4-13,18,21H,1-3H3,(H,22,23)/t13-,18-/m0/s1. The van der Waals surface area contributed by atoms with Crippen LogP contribution in [-0.4, -0.2) is 9.97 Å². The number of benzene rings is 2. The largest absolute Gasteiger partial charge is 0.341 e. The van der Waals surface area contributed by atoms with Crippen molar-refractivity contribution in [1.82, 2.24) is 15.3 Å². The third kappa shape index (κ3) is 3.42. The first-order chi connectivity index (χ1) is 11.0. The van der Waals surface area contributed by atoms with E-state index in [4.69, 9.17) is 4.98 Å². The second kappa shape index (κ2) is 6.50. The van der Waals surface area contributed by atoms with E-state index in [9.17, 15) is 4.39 Å². The van der Waals surface area contributed by atoms with Crippen LogP contribution >= 0.6 is 0 Å².